The van der Waals surface area contributed by atoms with E-state index in [9.17, 15) is 0 Å². The molecule has 1 aliphatic rings. The molecule has 2 nitrogen and oxygen atoms in total. The minimum atomic E-state index is -0.0501. The second kappa shape index (κ2) is 15.4. The summed E-state index contributed by atoms with van der Waals surface area (Å²) in [6.07, 6.45) is 6.37. The van der Waals surface area contributed by atoms with Gasteiger partial charge < -0.3 is 9.80 Å². The predicted octanol–water partition coefficient (Wildman–Crippen LogP) is 13.0. The number of fused-ring (bicyclic) bond motifs is 4. The second-order valence-electron chi connectivity index (χ2n) is 17.2. The molecule has 3 heteroatoms. The highest BCUT2D eigenvalue weighted by molar-refractivity contribution is 6.70. The third-order valence-electron chi connectivity index (χ3n) is 11.1. The average molecular weight is 731 g/mol. The average Bonchev–Trinajstić information content (AvgIpc) is 3.18. The fourth-order valence-electron chi connectivity index (χ4n) is 8.05. The second-order valence-corrected chi connectivity index (χ2v) is 17.2. The molecule has 0 aliphatic carbocycles. The molecule has 0 radical (unpaired) electrons. The molecule has 0 spiro atoms. The van der Waals surface area contributed by atoms with Gasteiger partial charge in [0, 0.05) is 22.5 Å². The topological polar surface area (TPSA) is 6.48 Å². The van der Waals surface area contributed by atoms with Crippen molar-refractivity contribution in [3.63, 3.8) is 0 Å². The molecule has 0 aromatic heterocycles. The molecule has 280 valence electrons. The van der Waals surface area contributed by atoms with Crippen molar-refractivity contribution in [2.75, 3.05) is 9.80 Å². The van der Waals surface area contributed by atoms with Crippen molar-refractivity contribution in [2.24, 2.45) is 0 Å². The number of rotatable bonds is 6. The molecule has 0 atom stereocenters. The third-order valence-corrected chi connectivity index (χ3v) is 11.1. The molecular formula is C53H55BN2. The van der Waals surface area contributed by atoms with Crippen molar-refractivity contribution in [3.8, 4) is 11.1 Å². The van der Waals surface area contributed by atoms with Crippen LogP contribution < -0.4 is 20.7 Å². The quantitative estimate of drug-likeness (QED) is 0.124. The van der Waals surface area contributed by atoms with E-state index in [1.54, 1.807) is 0 Å². The van der Waals surface area contributed by atoms with E-state index in [0.717, 1.165) is 41.2 Å². The Morgan fingerprint density at radius 3 is 1.75 bits per heavy atom. The van der Waals surface area contributed by atoms with E-state index < -0.39 is 0 Å². The van der Waals surface area contributed by atoms with Crippen molar-refractivity contribution in [3.05, 3.63) is 192 Å². The summed E-state index contributed by atoms with van der Waals surface area (Å²) in [6, 6.07) is 49.6. The molecule has 0 fully saturated rings. The van der Waals surface area contributed by atoms with Gasteiger partial charge in [0.25, 0.3) is 0 Å². The Bertz CT molecular complexity index is 2460. The van der Waals surface area contributed by atoms with Gasteiger partial charge in [0.05, 0.1) is 22.8 Å². The number of allylic oxidation sites excluding steroid dienone is 4. The van der Waals surface area contributed by atoms with Crippen molar-refractivity contribution in [1.29, 1.82) is 0 Å². The summed E-state index contributed by atoms with van der Waals surface area (Å²) in [6.45, 7) is 24.8. The molecule has 1 heterocycles. The largest absolute Gasteiger partial charge is 0.310 e. The molecule has 6 aromatic rings. The lowest BCUT2D eigenvalue weighted by Gasteiger charge is -2.38. The van der Waals surface area contributed by atoms with Gasteiger partial charge in [-0.05, 0) is 101 Å². The maximum absolute atomic E-state index is 4.27. The molecule has 7 rings (SSSR count). The van der Waals surface area contributed by atoms with Gasteiger partial charge in [0.15, 0.2) is 7.28 Å². The van der Waals surface area contributed by atoms with Gasteiger partial charge in [-0.2, -0.15) is 0 Å². The predicted molar refractivity (Wildman–Crippen MR) is 247 cm³/mol. The Balaban J connectivity index is 1.64. The molecule has 0 amide bonds. The summed E-state index contributed by atoms with van der Waals surface area (Å²) >= 11 is 0. The van der Waals surface area contributed by atoms with Crippen LogP contribution in [-0.2, 0) is 10.8 Å². The van der Waals surface area contributed by atoms with Crippen LogP contribution in [0.3, 0.4) is 0 Å². The Kier molecular flexibility index (Phi) is 10.6. The first kappa shape index (κ1) is 38.5. The Morgan fingerprint density at radius 2 is 1.14 bits per heavy atom. The van der Waals surface area contributed by atoms with E-state index in [1.165, 1.54) is 55.7 Å². The molecule has 0 unspecified atom stereocenters. The van der Waals surface area contributed by atoms with Gasteiger partial charge in [0.1, 0.15) is 0 Å². The molecule has 56 heavy (non-hydrogen) atoms. The number of aryl methyl sites for hydroxylation is 1. The molecule has 0 saturated heterocycles. The number of nitrogens with zero attached hydrogens (tertiary/aromatic N) is 2. The summed E-state index contributed by atoms with van der Waals surface area (Å²) in [5.74, 6) is 0. The van der Waals surface area contributed by atoms with Crippen LogP contribution in [0.1, 0.15) is 76.3 Å². The van der Waals surface area contributed by atoms with Crippen LogP contribution in [0.4, 0.5) is 28.4 Å². The minimum absolute atomic E-state index is 0.0389. The van der Waals surface area contributed by atoms with E-state index in [-0.39, 0.29) is 10.8 Å². The van der Waals surface area contributed by atoms with Crippen LogP contribution in [0.2, 0.25) is 0 Å². The van der Waals surface area contributed by atoms with E-state index in [4.69, 9.17) is 0 Å². The minimum Gasteiger partial charge on any atom is -0.310 e. The fraction of sp³-hybridized carbons (Fsp3) is 0.208. The molecular weight excluding hydrogens is 675 g/mol. The highest BCUT2D eigenvalue weighted by Gasteiger charge is 2.31. The van der Waals surface area contributed by atoms with E-state index in [1.807, 2.05) is 6.08 Å². The summed E-state index contributed by atoms with van der Waals surface area (Å²) in [7, 11) is 0.750. The van der Waals surface area contributed by atoms with Crippen LogP contribution in [0.5, 0.6) is 0 Å². The van der Waals surface area contributed by atoms with E-state index in [2.05, 4.69) is 224 Å². The molecule has 1 aliphatic heterocycles. The molecule has 6 aromatic carbocycles. The lowest BCUT2D eigenvalue weighted by molar-refractivity contribution is 0.590. The van der Waals surface area contributed by atoms with Crippen LogP contribution >= 0.6 is 0 Å². The third kappa shape index (κ3) is 7.43. The SMILES string of the molecule is C=C/C=C(\C(=C/C)c1ccccc1)N1c2cc(C(C)(C)C)ccc2Bc2ccc(C(C)(C)C)cc2N(c2ccccc2-c2ccccc2)c2cc(C)cc1c2C. The van der Waals surface area contributed by atoms with Gasteiger partial charge >= 0.3 is 0 Å². The van der Waals surface area contributed by atoms with Crippen molar-refractivity contribution < 1.29 is 0 Å². The highest BCUT2D eigenvalue weighted by Crippen LogP contribution is 2.48. The summed E-state index contributed by atoms with van der Waals surface area (Å²) in [4.78, 5) is 5.08. The first-order valence-corrected chi connectivity index (χ1v) is 20.0. The fourth-order valence-corrected chi connectivity index (χ4v) is 8.05. The monoisotopic (exact) mass is 730 g/mol. The number of hydrogen-bond donors (Lipinski definition) is 0. The molecule has 0 N–H and O–H groups in total. The van der Waals surface area contributed by atoms with Crippen LogP contribution in [0.15, 0.2) is 164 Å². The maximum Gasteiger partial charge on any atom is 0.197 e. The first-order valence-electron chi connectivity index (χ1n) is 20.0. The Morgan fingerprint density at radius 1 is 0.589 bits per heavy atom. The standard InChI is InChI=1S/C53H55BN2/c1-11-21-46(42(12-2)38-22-15-13-16-23-38)55-48-32-36(3)33-49(37(48)4)56(47-27-20-19-26-43(47)39-24-17-14-18-25-39)51-35-41(53(8,9)10)29-31-45(51)54-44-30-28-40(34-50(44)55)52(5,6)7/h11-35,54H,1H2,2-10H3/b42-12-,46-21+. The molecule has 0 saturated carbocycles. The number of para-hydroxylation sites is 1. The van der Waals surface area contributed by atoms with Crippen molar-refractivity contribution in [2.45, 2.75) is 73.1 Å². The van der Waals surface area contributed by atoms with Crippen molar-refractivity contribution in [1.82, 2.24) is 0 Å². The van der Waals surface area contributed by atoms with Crippen molar-refractivity contribution >= 4 is 52.2 Å². The van der Waals surface area contributed by atoms with Gasteiger partial charge in [0.2, 0.25) is 0 Å². The Labute approximate surface area is 336 Å². The van der Waals surface area contributed by atoms with E-state index in [0.29, 0.717) is 0 Å². The van der Waals surface area contributed by atoms with Crippen LogP contribution in [0, 0.1) is 13.8 Å². The number of hydrogen-bond acceptors (Lipinski definition) is 2. The zero-order valence-corrected chi connectivity index (χ0v) is 34.7. The molecule has 2 bridgehead atoms. The summed E-state index contributed by atoms with van der Waals surface area (Å²) in [5.41, 5.74) is 19.1. The maximum atomic E-state index is 4.27. The summed E-state index contributed by atoms with van der Waals surface area (Å²) in [5, 5.41) is 0. The smallest absolute Gasteiger partial charge is 0.197 e. The van der Waals surface area contributed by atoms with E-state index >= 15 is 0 Å². The zero-order chi connectivity index (χ0) is 39.8. The lowest BCUT2D eigenvalue weighted by atomic mass is 9.61. The van der Waals surface area contributed by atoms with Crippen LogP contribution in [-0.4, -0.2) is 7.28 Å². The van der Waals surface area contributed by atoms with Gasteiger partial charge in [-0.3, -0.25) is 0 Å². The number of anilines is 5. The number of benzene rings is 6. The normalized spacial score (nSPS) is 13.4. The van der Waals surface area contributed by atoms with Gasteiger partial charge in [-0.25, -0.2) is 0 Å². The Hall–Kier alpha value is -5.80. The van der Waals surface area contributed by atoms with Gasteiger partial charge in [-0.15, -0.1) is 0 Å². The first-order chi connectivity index (χ1) is 26.8. The summed E-state index contributed by atoms with van der Waals surface area (Å²) < 4.78 is 0. The highest BCUT2D eigenvalue weighted by atomic mass is 15.2. The lowest BCUT2D eigenvalue weighted by Crippen LogP contribution is -2.37. The zero-order valence-electron chi connectivity index (χ0n) is 34.7. The van der Waals surface area contributed by atoms with Crippen LogP contribution in [0.25, 0.3) is 16.7 Å². The van der Waals surface area contributed by atoms with Gasteiger partial charge in [-0.1, -0.05) is 174 Å².